The Morgan fingerprint density at radius 3 is 2.04 bits per heavy atom. The third-order valence-corrected chi connectivity index (χ3v) is 3.28. The topological polar surface area (TPSA) is 146 Å². The number of carbonyl (C=O) groups is 3. The summed E-state index contributed by atoms with van der Waals surface area (Å²) in [6.45, 7) is -0.0952. The minimum atomic E-state index is -0.209. The molecular formula is C16H23N3O5. The number of anilines is 2. The molecule has 1 aromatic heterocycles. The summed E-state index contributed by atoms with van der Waals surface area (Å²) in [6, 6.07) is 1.51. The zero-order valence-corrected chi connectivity index (χ0v) is 13.5. The van der Waals surface area contributed by atoms with E-state index >= 15 is 0 Å². The smallest absolute Gasteiger partial charge is 0.237 e. The van der Waals surface area contributed by atoms with E-state index in [4.69, 9.17) is 21.3 Å². The van der Waals surface area contributed by atoms with E-state index < -0.39 is 0 Å². The molecule has 0 fully saturated rings. The molecule has 8 heteroatoms. The number of Topliss-reactive ketones (excluding diaryl/α,β-unsaturated/α-hetero) is 3. The van der Waals surface area contributed by atoms with Crippen LogP contribution in [0.1, 0.15) is 38.5 Å². The monoisotopic (exact) mass is 337 g/mol. The van der Waals surface area contributed by atoms with Crippen LogP contribution in [-0.4, -0.2) is 40.7 Å². The third-order valence-electron chi connectivity index (χ3n) is 3.28. The molecule has 0 bridgehead atoms. The highest BCUT2D eigenvalue weighted by molar-refractivity contribution is 5.89. The summed E-state index contributed by atoms with van der Waals surface area (Å²) in [5.41, 5.74) is 11.9. The Morgan fingerprint density at radius 2 is 1.50 bits per heavy atom. The summed E-state index contributed by atoms with van der Waals surface area (Å²) in [4.78, 5) is 38.4. The van der Waals surface area contributed by atoms with Crippen molar-refractivity contribution < 1.29 is 24.2 Å². The van der Waals surface area contributed by atoms with E-state index in [9.17, 15) is 14.4 Å². The fourth-order valence-corrected chi connectivity index (χ4v) is 1.93. The summed E-state index contributed by atoms with van der Waals surface area (Å²) in [5, 5.41) is 8.59. The van der Waals surface area contributed by atoms with Gasteiger partial charge in [0.1, 0.15) is 17.3 Å². The Bertz CT molecular complexity index is 589. The van der Waals surface area contributed by atoms with Crippen molar-refractivity contribution in [2.24, 2.45) is 0 Å². The number of rotatable bonds is 12. The van der Waals surface area contributed by atoms with Crippen molar-refractivity contribution in [1.82, 2.24) is 4.98 Å². The van der Waals surface area contributed by atoms with Crippen LogP contribution in [0.2, 0.25) is 0 Å². The van der Waals surface area contributed by atoms with Crippen LogP contribution in [0.4, 0.5) is 11.4 Å². The molecule has 0 atom stereocenters. The number of ketones is 3. The van der Waals surface area contributed by atoms with Crippen LogP contribution >= 0.6 is 0 Å². The molecule has 24 heavy (non-hydrogen) atoms. The van der Waals surface area contributed by atoms with Gasteiger partial charge in [-0.05, 0) is 6.07 Å². The number of nitrogens with zero attached hydrogens (tertiary/aromatic N) is 1. The minimum Gasteiger partial charge on any atom is -0.476 e. The van der Waals surface area contributed by atoms with Gasteiger partial charge in [-0.1, -0.05) is 0 Å². The second kappa shape index (κ2) is 10.3. The number of nitrogens with two attached hydrogens (primary N) is 2. The molecule has 1 heterocycles. The van der Waals surface area contributed by atoms with Crippen LogP contribution in [0.3, 0.4) is 0 Å². The first kappa shape index (κ1) is 19.6. The number of nitrogen functional groups attached to an aromatic ring is 2. The third kappa shape index (κ3) is 7.68. The normalized spacial score (nSPS) is 10.4. The van der Waals surface area contributed by atoms with E-state index in [0.717, 1.165) is 0 Å². The van der Waals surface area contributed by atoms with E-state index in [1.807, 2.05) is 0 Å². The van der Waals surface area contributed by atoms with E-state index in [2.05, 4.69) is 4.98 Å². The van der Waals surface area contributed by atoms with Crippen LogP contribution < -0.4 is 16.2 Å². The first-order valence-electron chi connectivity index (χ1n) is 7.72. The highest BCUT2D eigenvalue weighted by atomic mass is 16.5. The maximum Gasteiger partial charge on any atom is 0.237 e. The highest BCUT2D eigenvalue weighted by Crippen LogP contribution is 2.19. The quantitative estimate of drug-likeness (QED) is 0.504. The van der Waals surface area contributed by atoms with Crippen LogP contribution in [0.15, 0.2) is 12.3 Å². The fraction of sp³-hybridized carbons (Fsp3) is 0.500. The Balaban J connectivity index is 2.19. The fourth-order valence-electron chi connectivity index (χ4n) is 1.93. The van der Waals surface area contributed by atoms with Gasteiger partial charge in [-0.3, -0.25) is 14.4 Å². The molecule has 0 aromatic carbocycles. The second-order valence-electron chi connectivity index (χ2n) is 5.35. The second-order valence-corrected chi connectivity index (χ2v) is 5.35. The van der Waals surface area contributed by atoms with Crippen molar-refractivity contribution in [3.63, 3.8) is 0 Å². The van der Waals surface area contributed by atoms with E-state index in [0.29, 0.717) is 11.4 Å². The van der Waals surface area contributed by atoms with Crippen molar-refractivity contribution in [3.8, 4) is 5.88 Å². The van der Waals surface area contributed by atoms with Crippen molar-refractivity contribution in [1.29, 1.82) is 0 Å². The van der Waals surface area contributed by atoms with Crippen LogP contribution in [-0.2, 0) is 14.4 Å². The number of ether oxygens (including phenoxy) is 1. The zero-order valence-electron chi connectivity index (χ0n) is 13.5. The van der Waals surface area contributed by atoms with Gasteiger partial charge in [-0.25, -0.2) is 4.98 Å². The molecule has 0 aliphatic carbocycles. The summed E-state index contributed by atoms with van der Waals surface area (Å²) in [6.07, 6.45) is 2.04. The number of pyridine rings is 1. The van der Waals surface area contributed by atoms with Gasteiger partial charge < -0.3 is 21.3 Å². The van der Waals surface area contributed by atoms with E-state index in [1.165, 1.54) is 12.3 Å². The molecule has 8 nitrogen and oxygen atoms in total. The summed E-state index contributed by atoms with van der Waals surface area (Å²) >= 11 is 0. The SMILES string of the molecule is Nc1cnc(OCCC(=O)CCC(=O)CCC(=O)CCO)c(N)c1. The average Bonchev–Trinajstić information content (AvgIpc) is 2.53. The molecule has 132 valence electrons. The number of carbonyl (C=O) groups excluding carboxylic acids is 3. The predicted octanol–water partition coefficient (Wildman–Crippen LogP) is 0.665. The Labute approximate surface area is 140 Å². The first-order chi connectivity index (χ1) is 11.4. The first-order valence-corrected chi connectivity index (χ1v) is 7.72. The molecule has 0 unspecified atom stereocenters. The van der Waals surface area contributed by atoms with Gasteiger partial charge in [-0.2, -0.15) is 0 Å². The van der Waals surface area contributed by atoms with Crippen LogP contribution in [0, 0.1) is 0 Å². The largest absolute Gasteiger partial charge is 0.476 e. The number of aliphatic hydroxyl groups excluding tert-OH is 1. The summed E-state index contributed by atoms with van der Waals surface area (Å²) in [5.74, 6) is -0.186. The Morgan fingerprint density at radius 1 is 0.958 bits per heavy atom. The molecule has 0 aliphatic heterocycles. The van der Waals surface area contributed by atoms with Crippen LogP contribution in [0.25, 0.3) is 0 Å². The molecule has 0 amide bonds. The van der Waals surface area contributed by atoms with Gasteiger partial charge in [0.05, 0.1) is 24.2 Å². The van der Waals surface area contributed by atoms with Crippen molar-refractivity contribution >= 4 is 28.7 Å². The van der Waals surface area contributed by atoms with Gasteiger partial charge in [0.15, 0.2) is 0 Å². The molecular weight excluding hydrogens is 314 g/mol. The van der Waals surface area contributed by atoms with Crippen molar-refractivity contribution in [3.05, 3.63) is 12.3 Å². The molecule has 1 rings (SSSR count). The standard InChI is InChI=1S/C16H23N3O5/c17-11-9-15(18)16(19-10-11)24-8-6-14(23)4-2-12(21)1-3-13(22)5-7-20/h9-10,20H,1-8,17-18H2. The lowest BCUT2D eigenvalue weighted by Crippen LogP contribution is -2.11. The maximum atomic E-state index is 11.7. The van der Waals surface area contributed by atoms with Gasteiger partial charge in [0, 0.05) is 45.1 Å². The van der Waals surface area contributed by atoms with Crippen molar-refractivity contribution in [2.75, 3.05) is 24.7 Å². The Hall–Kier alpha value is -2.48. The molecule has 5 N–H and O–H groups in total. The van der Waals surface area contributed by atoms with Gasteiger partial charge >= 0.3 is 0 Å². The number of hydrogen-bond acceptors (Lipinski definition) is 8. The van der Waals surface area contributed by atoms with Gasteiger partial charge in [0.25, 0.3) is 0 Å². The van der Waals surface area contributed by atoms with Gasteiger partial charge in [0.2, 0.25) is 5.88 Å². The number of hydrogen-bond donors (Lipinski definition) is 3. The molecule has 0 saturated carbocycles. The Kier molecular flexibility index (Phi) is 8.42. The maximum absolute atomic E-state index is 11.7. The van der Waals surface area contributed by atoms with Crippen LogP contribution in [0.5, 0.6) is 5.88 Å². The molecule has 1 aromatic rings. The summed E-state index contributed by atoms with van der Waals surface area (Å²) < 4.78 is 5.31. The van der Waals surface area contributed by atoms with Gasteiger partial charge in [-0.15, -0.1) is 0 Å². The predicted molar refractivity (Wildman–Crippen MR) is 88.4 cm³/mol. The summed E-state index contributed by atoms with van der Waals surface area (Å²) in [7, 11) is 0. The zero-order chi connectivity index (χ0) is 17.9. The number of aromatic nitrogens is 1. The molecule has 0 saturated heterocycles. The van der Waals surface area contributed by atoms with E-state index in [1.54, 1.807) is 0 Å². The average molecular weight is 337 g/mol. The highest BCUT2D eigenvalue weighted by Gasteiger charge is 2.10. The molecule has 0 spiro atoms. The minimum absolute atomic E-state index is 0.0614. The number of aliphatic hydroxyl groups is 1. The molecule has 0 radical (unpaired) electrons. The lowest BCUT2D eigenvalue weighted by Gasteiger charge is -2.07. The van der Waals surface area contributed by atoms with Crippen molar-refractivity contribution in [2.45, 2.75) is 38.5 Å². The van der Waals surface area contributed by atoms with E-state index in [-0.39, 0.29) is 75.0 Å². The molecule has 0 aliphatic rings. The lowest BCUT2D eigenvalue weighted by atomic mass is 10.0. The lowest BCUT2D eigenvalue weighted by molar-refractivity contribution is -0.126.